The molecule has 0 saturated heterocycles. The predicted molar refractivity (Wildman–Crippen MR) is 239 cm³/mol. The molecule has 12 rings (SSSR count). The van der Waals surface area contributed by atoms with Gasteiger partial charge in [-0.15, -0.1) is 0 Å². The average Bonchev–Trinajstić information content (AvgIpc) is 4.01. The van der Waals surface area contributed by atoms with Crippen LogP contribution in [0.1, 0.15) is 61.8 Å². The van der Waals surface area contributed by atoms with E-state index in [1.165, 1.54) is 115 Å². The van der Waals surface area contributed by atoms with Crippen molar-refractivity contribution in [3.63, 3.8) is 0 Å². The van der Waals surface area contributed by atoms with E-state index in [1.54, 1.807) is 5.56 Å². The Morgan fingerprint density at radius 3 is 1.91 bits per heavy atom. The number of fused-ring (bicyclic) bond motifs is 12. The molecule has 0 N–H and O–H groups in total. The van der Waals surface area contributed by atoms with Crippen molar-refractivity contribution in [1.82, 2.24) is 0 Å². The number of hydrogen-bond acceptors (Lipinski definition) is 1. The summed E-state index contributed by atoms with van der Waals surface area (Å²) in [5.41, 5.74) is 20.0. The zero-order valence-corrected chi connectivity index (χ0v) is 32.7. The molecule has 1 nitrogen and oxygen atoms in total. The molecule has 0 aromatic heterocycles. The molecule has 57 heavy (non-hydrogen) atoms. The summed E-state index contributed by atoms with van der Waals surface area (Å²) in [7, 11) is 0. The Balaban J connectivity index is 1.16. The smallest absolute Gasteiger partial charge is 0.0618 e. The molecule has 1 heteroatoms. The van der Waals surface area contributed by atoms with E-state index in [0.29, 0.717) is 5.92 Å². The van der Waals surface area contributed by atoms with Crippen molar-refractivity contribution in [3.05, 3.63) is 198 Å². The number of para-hydroxylation sites is 1. The van der Waals surface area contributed by atoms with Crippen LogP contribution >= 0.6 is 0 Å². The van der Waals surface area contributed by atoms with Gasteiger partial charge in [-0.3, -0.25) is 0 Å². The van der Waals surface area contributed by atoms with Gasteiger partial charge in [0.15, 0.2) is 0 Å². The largest absolute Gasteiger partial charge is 0.309 e. The van der Waals surface area contributed by atoms with Crippen molar-refractivity contribution in [2.45, 2.75) is 50.4 Å². The van der Waals surface area contributed by atoms with E-state index in [1.807, 2.05) is 0 Å². The first kappa shape index (κ1) is 33.0. The number of hydrogen-bond donors (Lipinski definition) is 0. The third kappa shape index (κ3) is 4.57. The maximum absolute atomic E-state index is 2.64. The molecule has 8 aromatic carbocycles. The van der Waals surface area contributed by atoms with Crippen molar-refractivity contribution in [2.75, 3.05) is 4.90 Å². The van der Waals surface area contributed by atoms with E-state index < -0.39 is 0 Å². The van der Waals surface area contributed by atoms with Crippen LogP contribution in [0.5, 0.6) is 0 Å². The summed E-state index contributed by atoms with van der Waals surface area (Å²) in [5, 5.41) is 2.49. The Kier molecular flexibility index (Phi) is 7.04. The van der Waals surface area contributed by atoms with Crippen LogP contribution in [0.15, 0.2) is 176 Å². The van der Waals surface area contributed by atoms with Gasteiger partial charge in [-0.25, -0.2) is 0 Å². The summed E-state index contributed by atoms with van der Waals surface area (Å²) in [6.07, 6.45) is 5.31. The van der Waals surface area contributed by atoms with Gasteiger partial charge in [-0.2, -0.15) is 0 Å². The van der Waals surface area contributed by atoms with Crippen molar-refractivity contribution in [2.24, 2.45) is 11.8 Å². The van der Waals surface area contributed by atoms with Gasteiger partial charge in [0.05, 0.1) is 11.4 Å². The summed E-state index contributed by atoms with van der Waals surface area (Å²) < 4.78 is 0. The second-order valence-corrected chi connectivity index (χ2v) is 17.6. The van der Waals surface area contributed by atoms with E-state index >= 15 is 0 Å². The van der Waals surface area contributed by atoms with E-state index in [4.69, 9.17) is 0 Å². The molecule has 3 unspecified atom stereocenters. The lowest BCUT2D eigenvalue weighted by Gasteiger charge is -2.37. The SMILES string of the molecule is CC1(C)c2ccccc2-c2cccc(-c3ccccc3N(c3ccc4c(c3)C3(CC5CCC3C5)c3ccccc3-4)c3c(-c4ccccc4)ccc4ccccc34)c21. The van der Waals surface area contributed by atoms with E-state index in [-0.39, 0.29) is 10.8 Å². The Bertz CT molecular complexity index is 2920. The maximum atomic E-state index is 2.64. The van der Waals surface area contributed by atoms with Crippen LogP contribution in [0.2, 0.25) is 0 Å². The van der Waals surface area contributed by atoms with Crippen LogP contribution in [0.4, 0.5) is 17.1 Å². The second-order valence-electron chi connectivity index (χ2n) is 17.6. The number of nitrogens with zero attached hydrogens (tertiary/aromatic N) is 1. The number of benzene rings is 8. The van der Waals surface area contributed by atoms with Gasteiger partial charge < -0.3 is 4.90 Å². The molecule has 0 radical (unpaired) electrons. The van der Waals surface area contributed by atoms with Gasteiger partial charge in [0, 0.05) is 33.0 Å². The van der Waals surface area contributed by atoms with Crippen LogP contribution in [0.25, 0.3) is 55.3 Å². The van der Waals surface area contributed by atoms with E-state index in [0.717, 1.165) is 5.92 Å². The van der Waals surface area contributed by atoms with Gasteiger partial charge in [-0.05, 0) is 110 Å². The minimum atomic E-state index is -0.150. The van der Waals surface area contributed by atoms with Crippen LogP contribution in [-0.2, 0) is 10.8 Å². The molecule has 8 aromatic rings. The highest BCUT2D eigenvalue weighted by molar-refractivity contribution is 6.08. The van der Waals surface area contributed by atoms with Crippen LogP contribution < -0.4 is 4.90 Å². The van der Waals surface area contributed by atoms with Crippen LogP contribution in [0.3, 0.4) is 0 Å². The van der Waals surface area contributed by atoms with Gasteiger partial charge in [0.2, 0.25) is 0 Å². The molecule has 274 valence electrons. The zero-order valence-electron chi connectivity index (χ0n) is 32.7. The second kappa shape index (κ2) is 12.2. The Morgan fingerprint density at radius 1 is 0.491 bits per heavy atom. The first-order chi connectivity index (χ1) is 28.0. The summed E-state index contributed by atoms with van der Waals surface area (Å²) >= 11 is 0. The Morgan fingerprint density at radius 2 is 1.12 bits per heavy atom. The fourth-order valence-corrected chi connectivity index (χ4v) is 12.2. The van der Waals surface area contributed by atoms with Gasteiger partial charge in [-0.1, -0.05) is 178 Å². The molecule has 4 aliphatic carbocycles. The van der Waals surface area contributed by atoms with Crippen molar-refractivity contribution in [3.8, 4) is 44.5 Å². The minimum Gasteiger partial charge on any atom is -0.309 e. The van der Waals surface area contributed by atoms with Crippen molar-refractivity contribution < 1.29 is 0 Å². The molecule has 3 atom stereocenters. The number of anilines is 3. The highest BCUT2D eigenvalue weighted by Crippen LogP contribution is 2.66. The lowest BCUT2D eigenvalue weighted by molar-refractivity contribution is 0.327. The molecule has 4 aliphatic rings. The van der Waals surface area contributed by atoms with Gasteiger partial charge in [0.25, 0.3) is 0 Å². The first-order valence-corrected chi connectivity index (χ1v) is 21.0. The van der Waals surface area contributed by atoms with Gasteiger partial charge >= 0.3 is 0 Å². The maximum Gasteiger partial charge on any atom is 0.0618 e. The summed E-state index contributed by atoms with van der Waals surface area (Å²) in [5.74, 6) is 1.50. The molecule has 1 spiro atoms. The quantitative estimate of drug-likeness (QED) is 0.170. The van der Waals surface area contributed by atoms with Gasteiger partial charge in [0.1, 0.15) is 0 Å². The molecule has 2 saturated carbocycles. The minimum absolute atomic E-state index is 0.0765. The third-order valence-corrected chi connectivity index (χ3v) is 14.5. The average molecular weight is 732 g/mol. The summed E-state index contributed by atoms with van der Waals surface area (Å²) in [6, 6.07) is 66.7. The molecular formula is C56H45N. The monoisotopic (exact) mass is 731 g/mol. The lowest BCUT2D eigenvalue weighted by atomic mass is 9.67. The molecular weight excluding hydrogens is 687 g/mol. The fourth-order valence-electron chi connectivity index (χ4n) is 12.2. The zero-order chi connectivity index (χ0) is 37.9. The predicted octanol–water partition coefficient (Wildman–Crippen LogP) is 15.0. The third-order valence-electron chi connectivity index (χ3n) is 14.5. The fraction of sp³-hybridized carbons (Fsp3) is 0.179. The highest BCUT2D eigenvalue weighted by atomic mass is 15.1. The first-order valence-electron chi connectivity index (χ1n) is 21.0. The lowest BCUT2D eigenvalue weighted by Crippen LogP contribution is -2.32. The summed E-state index contributed by atoms with van der Waals surface area (Å²) in [4.78, 5) is 2.64. The van der Waals surface area contributed by atoms with E-state index in [2.05, 4.69) is 195 Å². The Hall–Kier alpha value is -6.18. The molecule has 0 aliphatic heterocycles. The molecule has 2 fully saturated rings. The van der Waals surface area contributed by atoms with E-state index in [9.17, 15) is 0 Å². The van der Waals surface area contributed by atoms with Crippen LogP contribution in [0, 0.1) is 11.8 Å². The van der Waals surface area contributed by atoms with Crippen molar-refractivity contribution >= 4 is 27.8 Å². The molecule has 2 bridgehead atoms. The van der Waals surface area contributed by atoms with Crippen molar-refractivity contribution in [1.29, 1.82) is 0 Å². The standard InChI is InChI=1S/C56H45N/c1-55(2)49-24-11-8-20-44(49)47-22-14-23-48(53(47)55)46-21-10-13-26-52(46)57(54-41-18-7-6-17-38(41)28-31-42(54)37-15-4-3-5-16-37)40-30-32-45-43-19-9-12-25-50(43)56(51(45)34-40)35-36-27-29-39(56)33-36/h3-26,28,30-32,34,36,39H,27,29,33,35H2,1-2H3. The molecule has 0 heterocycles. The summed E-state index contributed by atoms with van der Waals surface area (Å²) in [6.45, 7) is 4.82. The molecule has 0 amide bonds. The number of rotatable bonds is 5. The Labute approximate surface area is 336 Å². The normalized spacial score (nSPS) is 20.4. The topological polar surface area (TPSA) is 3.24 Å². The van der Waals surface area contributed by atoms with Crippen LogP contribution in [-0.4, -0.2) is 0 Å². The highest BCUT2D eigenvalue weighted by Gasteiger charge is 2.56.